The lowest BCUT2D eigenvalue weighted by atomic mass is 10.1. The Morgan fingerprint density at radius 2 is 2.12 bits per heavy atom. The van der Waals surface area contributed by atoms with Crippen molar-refractivity contribution >= 4 is 10.0 Å². The number of ether oxygens (including phenoxy) is 2. The topological polar surface area (TPSA) is 78.6 Å². The molecule has 2 N–H and O–H groups in total. The van der Waals surface area contributed by atoms with Crippen molar-refractivity contribution in [3.63, 3.8) is 0 Å². The zero-order chi connectivity index (χ0) is 11.9. The van der Waals surface area contributed by atoms with Gasteiger partial charge in [-0.2, -0.15) is 0 Å². The Hall–Kier alpha value is -0.170. The Bertz CT molecular complexity index is 273. The Morgan fingerprint density at radius 1 is 1.31 bits per heavy atom. The molecule has 96 valence electrons. The van der Waals surface area contributed by atoms with Crippen LogP contribution in [0.4, 0.5) is 0 Å². The lowest BCUT2D eigenvalue weighted by Gasteiger charge is -2.08. The second kappa shape index (κ2) is 7.21. The van der Waals surface area contributed by atoms with Gasteiger partial charge in [0.25, 0.3) is 0 Å². The van der Waals surface area contributed by atoms with E-state index in [2.05, 4.69) is 0 Å². The summed E-state index contributed by atoms with van der Waals surface area (Å²) in [5, 5.41) is 4.89. The maximum absolute atomic E-state index is 10.6. The summed E-state index contributed by atoms with van der Waals surface area (Å²) < 4.78 is 32.0. The molecule has 1 saturated heterocycles. The predicted molar refractivity (Wildman–Crippen MR) is 61.6 cm³/mol. The fraction of sp³-hybridized carbons (Fsp3) is 1.00. The molecule has 5 nitrogen and oxygen atoms in total. The molecule has 0 aromatic rings. The summed E-state index contributed by atoms with van der Waals surface area (Å²) in [5.41, 5.74) is 0. The minimum absolute atomic E-state index is 0.0729. The highest BCUT2D eigenvalue weighted by atomic mass is 32.2. The number of rotatable bonds is 8. The van der Waals surface area contributed by atoms with Gasteiger partial charge in [-0.1, -0.05) is 6.42 Å². The van der Waals surface area contributed by atoms with Crippen molar-refractivity contribution in [1.82, 2.24) is 0 Å². The quantitative estimate of drug-likeness (QED) is 0.637. The zero-order valence-corrected chi connectivity index (χ0v) is 10.4. The molecule has 1 heterocycles. The number of hydrogen-bond donors (Lipinski definition) is 1. The molecule has 1 atom stereocenters. The van der Waals surface area contributed by atoms with Crippen molar-refractivity contribution in [3.05, 3.63) is 0 Å². The molecular weight excluding hydrogens is 230 g/mol. The molecule has 0 aromatic carbocycles. The molecule has 0 radical (unpaired) electrons. The fourth-order valence-electron chi connectivity index (χ4n) is 1.65. The molecule has 0 saturated carbocycles. The van der Waals surface area contributed by atoms with Crippen LogP contribution < -0.4 is 5.14 Å². The third kappa shape index (κ3) is 7.16. The molecule has 0 bridgehead atoms. The van der Waals surface area contributed by atoms with Gasteiger partial charge in [0.2, 0.25) is 10.0 Å². The van der Waals surface area contributed by atoms with Gasteiger partial charge in [-0.25, -0.2) is 13.6 Å². The largest absolute Gasteiger partial charge is 0.381 e. The van der Waals surface area contributed by atoms with E-state index in [9.17, 15) is 8.42 Å². The molecule has 0 aromatic heterocycles. The minimum Gasteiger partial charge on any atom is -0.381 e. The normalized spacial score (nSPS) is 21.4. The molecule has 6 heteroatoms. The van der Waals surface area contributed by atoms with Crippen LogP contribution in [-0.4, -0.2) is 40.6 Å². The first-order valence-corrected chi connectivity index (χ1v) is 7.45. The molecule has 1 rings (SSSR count). The number of sulfonamides is 1. The fourth-order valence-corrected chi connectivity index (χ4v) is 2.26. The second-order valence-corrected chi connectivity index (χ2v) is 5.97. The average molecular weight is 251 g/mol. The summed E-state index contributed by atoms with van der Waals surface area (Å²) in [6, 6.07) is 0. The standard InChI is InChI=1S/C10H21NO4S/c11-16(12,13)7-3-1-2-5-14-8-10-4-6-15-9-10/h10H,1-9H2,(H2,11,12,13). The van der Waals surface area contributed by atoms with Crippen LogP contribution in [0.5, 0.6) is 0 Å². The van der Waals surface area contributed by atoms with Crippen molar-refractivity contribution in [2.24, 2.45) is 11.1 Å². The first-order chi connectivity index (χ1) is 7.58. The smallest absolute Gasteiger partial charge is 0.209 e. The van der Waals surface area contributed by atoms with Gasteiger partial charge in [0, 0.05) is 19.1 Å². The molecule has 1 unspecified atom stereocenters. The van der Waals surface area contributed by atoms with Crippen molar-refractivity contribution < 1.29 is 17.9 Å². The molecule has 0 aliphatic carbocycles. The van der Waals surface area contributed by atoms with Crippen molar-refractivity contribution in [1.29, 1.82) is 0 Å². The van der Waals surface area contributed by atoms with Crippen LogP contribution >= 0.6 is 0 Å². The summed E-state index contributed by atoms with van der Waals surface area (Å²) in [4.78, 5) is 0. The summed E-state index contributed by atoms with van der Waals surface area (Å²) in [6.45, 7) is 3.12. The highest BCUT2D eigenvalue weighted by Crippen LogP contribution is 2.12. The van der Waals surface area contributed by atoms with Gasteiger partial charge >= 0.3 is 0 Å². The number of nitrogens with two attached hydrogens (primary N) is 1. The van der Waals surface area contributed by atoms with E-state index in [0.717, 1.165) is 39.1 Å². The summed E-state index contributed by atoms with van der Waals surface area (Å²) in [6.07, 6.45) is 3.45. The number of unbranched alkanes of at least 4 members (excludes halogenated alkanes) is 2. The van der Waals surface area contributed by atoms with Gasteiger partial charge < -0.3 is 9.47 Å². The molecule has 0 spiro atoms. The zero-order valence-electron chi connectivity index (χ0n) is 9.56. The number of hydrogen-bond acceptors (Lipinski definition) is 4. The monoisotopic (exact) mass is 251 g/mol. The molecule has 0 amide bonds. The molecular formula is C10H21NO4S. The Balaban J connectivity index is 1.84. The molecule has 1 aliphatic heterocycles. The summed E-state index contributed by atoms with van der Waals surface area (Å²) in [5.74, 6) is 0.619. The van der Waals surface area contributed by atoms with Gasteiger partial charge in [0.15, 0.2) is 0 Å². The van der Waals surface area contributed by atoms with E-state index in [0.29, 0.717) is 18.9 Å². The average Bonchev–Trinajstić information content (AvgIpc) is 2.67. The molecule has 16 heavy (non-hydrogen) atoms. The lowest BCUT2D eigenvalue weighted by Crippen LogP contribution is -2.16. The van der Waals surface area contributed by atoms with E-state index < -0.39 is 10.0 Å². The van der Waals surface area contributed by atoms with Crippen molar-refractivity contribution in [2.45, 2.75) is 25.7 Å². The Kier molecular flexibility index (Phi) is 6.26. The Labute approximate surface area is 97.3 Å². The first kappa shape index (κ1) is 13.9. The van der Waals surface area contributed by atoms with Gasteiger partial charge in [-0.3, -0.25) is 0 Å². The predicted octanol–water partition coefficient (Wildman–Crippen LogP) is 0.498. The summed E-state index contributed by atoms with van der Waals surface area (Å²) >= 11 is 0. The Morgan fingerprint density at radius 3 is 2.75 bits per heavy atom. The van der Waals surface area contributed by atoms with Gasteiger partial charge in [-0.05, 0) is 19.3 Å². The highest BCUT2D eigenvalue weighted by Gasteiger charge is 2.15. The maximum atomic E-state index is 10.6. The van der Waals surface area contributed by atoms with E-state index in [1.54, 1.807) is 0 Å². The second-order valence-electron chi connectivity index (χ2n) is 4.23. The van der Waals surface area contributed by atoms with Crippen LogP contribution in [0.25, 0.3) is 0 Å². The molecule has 1 fully saturated rings. The van der Waals surface area contributed by atoms with Crippen LogP contribution in [0, 0.1) is 5.92 Å². The third-order valence-corrected chi connectivity index (χ3v) is 3.45. The van der Waals surface area contributed by atoms with Crippen LogP contribution in [0.15, 0.2) is 0 Å². The maximum Gasteiger partial charge on any atom is 0.209 e. The van der Waals surface area contributed by atoms with Gasteiger partial charge in [-0.15, -0.1) is 0 Å². The van der Waals surface area contributed by atoms with Crippen molar-refractivity contribution in [3.8, 4) is 0 Å². The lowest BCUT2D eigenvalue weighted by molar-refractivity contribution is 0.0873. The third-order valence-electron chi connectivity index (χ3n) is 2.60. The van der Waals surface area contributed by atoms with E-state index in [1.807, 2.05) is 0 Å². The van der Waals surface area contributed by atoms with E-state index >= 15 is 0 Å². The van der Waals surface area contributed by atoms with Crippen molar-refractivity contribution in [2.75, 3.05) is 32.2 Å². The molecule has 1 aliphatic rings. The van der Waals surface area contributed by atoms with Gasteiger partial charge in [0.05, 0.1) is 19.0 Å². The van der Waals surface area contributed by atoms with E-state index in [4.69, 9.17) is 14.6 Å². The minimum atomic E-state index is -3.29. The van der Waals surface area contributed by atoms with Crippen LogP contribution in [0.3, 0.4) is 0 Å². The van der Waals surface area contributed by atoms with E-state index in [1.165, 1.54) is 0 Å². The first-order valence-electron chi connectivity index (χ1n) is 5.74. The van der Waals surface area contributed by atoms with Gasteiger partial charge in [0.1, 0.15) is 0 Å². The highest BCUT2D eigenvalue weighted by molar-refractivity contribution is 7.89. The van der Waals surface area contributed by atoms with Crippen LogP contribution in [0.2, 0.25) is 0 Å². The SMILES string of the molecule is NS(=O)(=O)CCCCCOCC1CCOC1. The number of primary sulfonamides is 1. The van der Waals surface area contributed by atoms with E-state index in [-0.39, 0.29) is 5.75 Å². The summed E-state index contributed by atoms with van der Waals surface area (Å²) in [7, 11) is -3.29. The van der Waals surface area contributed by atoms with Crippen LogP contribution in [0.1, 0.15) is 25.7 Å². The van der Waals surface area contributed by atoms with Crippen LogP contribution in [-0.2, 0) is 19.5 Å².